The molecule has 1 saturated carbocycles. The fraction of sp³-hybridized carbons (Fsp3) is 1.00. The van der Waals surface area contributed by atoms with E-state index in [0.29, 0.717) is 6.42 Å². The van der Waals surface area contributed by atoms with Crippen molar-refractivity contribution >= 4 is 10.0 Å². The van der Waals surface area contributed by atoms with Crippen molar-refractivity contribution in [2.75, 3.05) is 6.26 Å². The van der Waals surface area contributed by atoms with Crippen molar-refractivity contribution in [2.45, 2.75) is 32.4 Å². The Labute approximate surface area is 73.0 Å². The fourth-order valence-electron chi connectivity index (χ4n) is 1.36. The van der Waals surface area contributed by atoms with Gasteiger partial charge in [0.05, 0.1) is 12.4 Å². The molecule has 0 heterocycles. The molecule has 2 N–H and O–H groups in total. The van der Waals surface area contributed by atoms with Gasteiger partial charge in [-0.3, -0.25) is 0 Å². The van der Waals surface area contributed by atoms with Crippen molar-refractivity contribution in [2.24, 2.45) is 5.41 Å². The van der Waals surface area contributed by atoms with Gasteiger partial charge in [0.1, 0.15) is 0 Å². The SMILES string of the molecule is CC1(C)C(O)CC1NS(C)(=O)=O. The van der Waals surface area contributed by atoms with E-state index >= 15 is 0 Å². The molecular weight excluding hydrogens is 178 g/mol. The summed E-state index contributed by atoms with van der Waals surface area (Å²) in [5.74, 6) is 0. The van der Waals surface area contributed by atoms with Crippen LogP contribution in [0.15, 0.2) is 0 Å². The summed E-state index contributed by atoms with van der Waals surface area (Å²) in [4.78, 5) is 0. The summed E-state index contributed by atoms with van der Waals surface area (Å²) < 4.78 is 24.2. The summed E-state index contributed by atoms with van der Waals surface area (Å²) in [5.41, 5.74) is -0.330. The normalized spacial score (nSPS) is 34.3. The van der Waals surface area contributed by atoms with Gasteiger partial charge in [0.25, 0.3) is 0 Å². The molecule has 0 aliphatic heterocycles. The van der Waals surface area contributed by atoms with Crippen molar-refractivity contribution in [1.29, 1.82) is 0 Å². The van der Waals surface area contributed by atoms with E-state index in [-0.39, 0.29) is 11.5 Å². The molecule has 5 heteroatoms. The average Bonchev–Trinajstić information content (AvgIpc) is 1.84. The lowest BCUT2D eigenvalue weighted by Gasteiger charge is -2.48. The zero-order valence-electron chi connectivity index (χ0n) is 7.53. The highest BCUT2D eigenvalue weighted by atomic mass is 32.2. The number of hydrogen-bond acceptors (Lipinski definition) is 3. The van der Waals surface area contributed by atoms with Crippen LogP contribution in [0.3, 0.4) is 0 Å². The van der Waals surface area contributed by atoms with Gasteiger partial charge in [-0.05, 0) is 6.42 Å². The molecular formula is C7H15NO3S. The van der Waals surface area contributed by atoms with Crippen LogP contribution in [0.2, 0.25) is 0 Å². The monoisotopic (exact) mass is 193 g/mol. The maximum absolute atomic E-state index is 10.8. The van der Waals surface area contributed by atoms with Gasteiger partial charge in [-0.25, -0.2) is 13.1 Å². The Morgan fingerprint density at radius 2 is 2.00 bits per heavy atom. The predicted octanol–water partition coefficient (Wildman–Crippen LogP) is -0.305. The number of hydrogen-bond donors (Lipinski definition) is 2. The van der Waals surface area contributed by atoms with Gasteiger partial charge in [-0.2, -0.15) is 0 Å². The Balaban J connectivity index is 2.60. The zero-order valence-corrected chi connectivity index (χ0v) is 8.35. The molecule has 1 rings (SSSR count). The highest BCUT2D eigenvalue weighted by molar-refractivity contribution is 7.88. The van der Waals surface area contributed by atoms with E-state index in [4.69, 9.17) is 0 Å². The van der Waals surface area contributed by atoms with Crippen molar-refractivity contribution in [1.82, 2.24) is 4.72 Å². The van der Waals surface area contributed by atoms with Gasteiger partial charge >= 0.3 is 0 Å². The van der Waals surface area contributed by atoms with Crippen LogP contribution < -0.4 is 4.72 Å². The van der Waals surface area contributed by atoms with Crippen LogP contribution in [0.5, 0.6) is 0 Å². The Hall–Kier alpha value is -0.130. The number of rotatable bonds is 2. The molecule has 1 aliphatic rings. The number of aliphatic hydroxyl groups is 1. The topological polar surface area (TPSA) is 66.4 Å². The molecule has 1 aliphatic carbocycles. The Kier molecular flexibility index (Phi) is 2.22. The number of nitrogens with one attached hydrogen (secondary N) is 1. The summed E-state index contributed by atoms with van der Waals surface area (Å²) in [6.45, 7) is 3.70. The van der Waals surface area contributed by atoms with Crippen molar-refractivity contribution in [3.8, 4) is 0 Å². The Morgan fingerprint density at radius 1 is 1.50 bits per heavy atom. The van der Waals surface area contributed by atoms with Crippen molar-refractivity contribution in [3.05, 3.63) is 0 Å². The maximum atomic E-state index is 10.8. The summed E-state index contributed by atoms with van der Waals surface area (Å²) >= 11 is 0. The van der Waals surface area contributed by atoms with E-state index < -0.39 is 16.1 Å². The van der Waals surface area contributed by atoms with E-state index in [0.717, 1.165) is 6.26 Å². The van der Waals surface area contributed by atoms with Gasteiger partial charge in [-0.15, -0.1) is 0 Å². The van der Waals surface area contributed by atoms with Gasteiger partial charge in [0, 0.05) is 11.5 Å². The Bertz CT molecular complexity index is 270. The minimum Gasteiger partial charge on any atom is -0.392 e. The van der Waals surface area contributed by atoms with Crippen LogP contribution in [0.4, 0.5) is 0 Å². The lowest BCUT2D eigenvalue weighted by molar-refractivity contribution is -0.0644. The zero-order chi connectivity index (χ0) is 9.57. The van der Waals surface area contributed by atoms with Crippen LogP contribution in [-0.4, -0.2) is 31.9 Å². The van der Waals surface area contributed by atoms with Crippen molar-refractivity contribution < 1.29 is 13.5 Å². The lowest BCUT2D eigenvalue weighted by atomic mass is 9.65. The third-order valence-corrected chi connectivity index (χ3v) is 3.28. The van der Waals surface area contributed by atoms with Gasteiger partial charge < -0.3 is 5.11 Å². The molecule has 0 amide bonds. The van der Waals surface area contributed by atoms with Gasteiger partial charge in [0.2, 0.25) is 10.0 Å². The average molecular weight is 193 g/mol. The number of aliphatic hydroxyl groups excluding tert-OH is 1. The highest BCUT2D eigenvalue weighted by Crippen LogP contribution is 2.40. The summed E-state index contributed by atoms with van der Waals surface area (Å²) in [6.07, 6.45) is 1.25. The minimum atomic E-state index is -3.14. The van der Waals surface area contributed by atoms with Crippen LogP contribution in [-0.2, 0) is 10.0 Å². The van der Waals surface area contributed by atoms with E-state index in [1.807, 2.05) is 13.8 Å². The Morgan fingerprint density at radius 3 is 2.25 bits per heavy atom. The molecule has 0 bridgehead atoms. The molecule has 0 spiro atoms. The third-order valence-electron chi connectivity index (χ3n) is 2.57. The van der Waals surface area contributed by atoms with Crippen LogP contribution in [0.25, 0.3) is 0 Å². The van der Waals surface area contributed by atoms with E-state index in [1.54, 1.807) is 0 Å². The summed E-state index contributed by atoms with van der Waals surface area (Å²) in [5, 5.41) is 9.31. The first-order valence-corrected chi connectivity index (χ1v) is 5.78. The quantitative estimate of drug-likeness (QED) is 0.632. The molecule has 4 nitrogen and oxygen atoms in total. The largest absolute Gasteiger partial charge is 0.392 e. The lowest BCUT2D eigenvalue weighted by Crippen LogP contribution is -2.60. The first kappa shape index (κ1) is 9.95. The van der Waals surface area contributed by atoms with Crippen LogP contribution in [0, 0.1) is 5.41 Å². The van der Waals surface area contributed by atoms with Crippen LogP contribution >= 0.6 is 0 Å². The van der Waals surface area contributed by atoms with E-state index in [1.165, 1.54) is 0 Å². The van der Waals surface area contributed by atoms with E-state index in [9.17, 15) is 13.5 Å². The fourth-order valence-corrected chi connectivity index (χ4v) is 2.28. The van der Waals surface area contributed by atoms with Gasteiger partial charge in [0.15, 0.2) is 0 Å². The molecule has 12 heavy (non-hydrogen) atoms. The molecule has 0 aromatic carbocycles. The van der Waals surface area contributed by atoms with Gasteiger partial charge in [-0.1, -0.05) is 13.8 Å². The molecule has 0 aromatic heterocycles. The van der Waals surface area contributed by atoms with E-state index in [2.05, 4.69) is 4.72 Å². The molecule has 0 radical (unpaired) electrons. The third kappa shape index (κ3) is 1.78. The maximum Gasteiger partial charge on any atom is 0.208 e. The minimum absolute atomic E-state index is 0.123. The standard InChI is InChI=1S/C7H15NO3S/c1-7(2)5(4-6(7)9)8-12(3,10)11/h5-6,8-9H,4H2,1-3H3. The summed E-state index contributed by atoms with van der Waals surface area (Å²) in [7, 11) is -3.14. The first-order chi connectivity index (χ1) is 5.23. The second kappa shape index (κ2) is 2.68. The molecule has 0 saturated heterocycles. The number of sulfonamides is 1. The smallest absolute Gasteiger partial charge is 0.208 e. The molecule has 2 unspecified atom stereocenters. The summed E-state index contributed by atoms with van der Waals surface area (Å²) in [6, 6.07) is -0.123. The molecule has 1 fully saturated rings. The molecule has 0 aromatic rings. The second-order valence-electron chi connectivity index (χ2n) is 4.02. The molecule has 2 atom stereocenters. The predicted molar refractivity (Wildman–Crippen MR) is 46.2 cm³/mol. The van der Waals surface area contributed by atoms with Crippen LogP contribution in [0.1, 0.15) is 20.3 Å². The first-order valence-electron chi connectivity index (χ1n) is 3.89. The van der Waals surface area contributed by atoms with Crippen molar-refractivity contribution in [3.63, 3.8) is 0 Å². The molecule has 72 valence electrons. The highest BCUT2D eigenvalue weighted by Gasteiger charge is 2.48. The second-order valence-corrected chi connectivity index (χ2v) is 5.80.